The Morgan fingerprint density at radius 2 is 1.39 bits per heavy atom. The van der Waals surface area contributed by atoms with Gasteiger partial charge in [-0.3, -0.25) is 4.79 Å². The summed E-state index contributed by atoms with van der Waals surface area (Å²) < 4.78 is 15.2. The van der Waals surface area contributed by atoms with Crippen LogP contribution in [-0.4, -0.2) is 52.0 Å². The second-order valence-corrected chi connectivity index (χ2v) is 5.88. The summed E-state index contributed by atoms with van der Waals surface area (Å²) in [5, 5.41) is 47.6. The highest BCUT2D eigenvalue weighted by molar-refractivity contribution is 5.88. The zero-order valence-corrected chi connectivity index (χ0v) is 14.6. The molecule has 1 aromatic heterocycles. The van der Waals surface area contributed by atoms with E-state index in [9.17, 15) is 30.3 Å². The third-order valence-electron chi connectivity index (χ3n) is 3.92. The second-order valence-electron chi connectivity index (χ2n) is 5.88. The smallest absolute Gasteiger partial charge is 0.238 e. The summed E-state index contributed by atoms with van der Waals surface area (Å²) in [4.78, 5) is 12.1. The minimum absolute atomic E-state index is 0.134. The lowest BCUT2D eigenvalue weighted by molar-refractivity contribution is -0.0334. The zero-order chi connectivity index (χ0) is 20.3. The fraction of sp³-hybridized carbons (Fsp3) is 0.211. The van der Waals surface area contributed by atoms with Gasteiger partial charge >= 0.3 is 0 Å². The van der Waals surface area contributed by atoms with Crippen molar-refractivity contribution in [1.82, 2.24) is 0 Å². The Morgan fingerprint density at radius 1 is 0.750 bits per heavy atom. The molecule has 28 heavy (non-hydrogen) atoms. The van der Waals surface area contributed by atoms with Crippen molar-refractivity contribution in [3.63, 3.8) is 0 Å². The van der Waals surface area contributed by atoms with Crippen LogP contribution >= 0.6 is 0 Å². The van der Waals surface area contributed by atoms with Crippen molar-refractivity contribution in [3.8, 4) is 40.1 Å². The molecule has 9 heteroatoms. The lowest BCUT2D eigenvalue weighted by Crippen LogP contribution is -2.16. The van der Waals surface area contributed by atoms with Crippen molar-refractivity contribution in [3.05, 3.63) is 40.6 Å². The summed E-state index contributed by atoms with van der Waals surface area (Å²) >= 11 is 0. The van der Waals surface area contributed by atoms with Gasteiger partial charge < -0.3 is 39.4 Å². The highest BCUT2D eigenvalue weighted by Crippen LogP contribution is 2.37. The molecule has 5 N–H and O–H groups in total. The highest BCUT2D eigenvalue weighted by Gasteiger charge is 2.19. The maximum Gasteiger partial charge on any atom is 0.238 e. The first-order chi connectivity index (χ1) is 13.4. The lowest BCUT2D eigenvalue weighted by Gasteiger charge is -2.09. The Morgan fingerprint density at radius 3 is 1.96 bits per heavy atom. The molecule has 1 aliphatic heterocycles. The van der Waals surface area contributed by atoms with Gasteiger partial charge in [0.15, 0.2) is 17.3 Å². The highest BCUT2D eigenvalue weighted by atomic mass is 16.6. The van der Waals surface area contributed by atoms with Gasteiger partial charge in [-0.15, -0.1) is 0 Å². The molecule has 1 saturated heterocycles. The van der Waals surface area contributed by atoms with Gasteiger partial charge in [0.2, 0.25) is 11.2 Å². The minimum atomic E-state index is -0.888. The number of hydrogen-bond donors (Lipinski definition) is 5. The van der Waals surface area contributed by atoms with Crippen LogP contribution in [0.2, 0.25) is 0 Å². The molecule has 0 radical (unpaired) electrons. The molecule has 148 valence electrons. The van der Waals surface area contributed by atoms with Gasteiger partial charge in [-0.1, -0.05) is 0 Å². The third kappa shape index (κ3) is 3.95. The van der Waals surface area contributed by atoms with E-state index in [1.807, 2.05) is 0 Å². The van der Waals surface area contributed by atoms with Crippen molar-refractivity contribution < 1.29 is 39.4 Å². The maximum absolute atomic E-state index is 12.1. The van der Waals surface area contributed by atoms with Crippen LogP contribution in [0.25, 0.3) is 22.3 Å². The van der Waals surface area contributed by atoms with E-state index in [4.69, 9.17) is 13.9 Å². The molecule has 4 rings (SSSR count). The maximum atomic E-state index is 12.1. The SMILES string of the molecule is C1COCCO1.O=c1c(O)c(-c2ccc(O)c(O)c2)oc2cc(O)cc(O)c12. The van der Waals surface area contributed by atoms with Crippen LogP contribution in [0.15, 0.2) is 39.5 Å². The summed E-state index contributed by atoms with van der Waals surface area (Å²) in [6.07, 6.45) is 0. The van der Waals surface area contributed by atoms with E-state index in [-0.39, 0.29) is 33.8 Å². The van der Waals surface area contributed by atoms with E-state index in [1.165, 1.54) is 6.07 Å². The molecule has 9 nitrogen and oxygen atoms in total. The van der Waals surface area contributed by atoms with E-state index < -0.39 is 22.7 Å². The van der Waals surface area contributed by atoms with E-state index in [2.05, 4.69) is 0 Å². The molecule has 2 aromatic carbocycles. The third-order valence-corrected chi connectivity index (χ3v) is 3.92. The molecular formula is C19H18O9. The predicted molar refractivity (Wildman–Crippen MR) is 97.9 cm³/mol. The molecule has 0 unspecified atom stereocenters. The number of rotatable bonds is 1. The largest absolute Gasteiger partial charge is 0.508 e. The average Bonchev–Trinajstić information content (AvgIpc) is 2.68. The van der Waals surface area contributed by atoms with Gasteiger partial charge in [0.1, 0.15) is 22.5 Å². The van der Waals surface area contributed by atoms with Gasteiger partial charge in [-0.25, -0.2) is 0 Å². The second kappa shape index (κ2) is 8.07. The minimum Gasteiger partial charge on any atom is -0.508 e. The molecule has 0 saturated carbocycles. The first-order valence-corrected chi connectivity index (χ1v) is 8.28. The molecule has 1 fully saturated rings. The predicted octanol–water partition coefficient (Wildman–Crippen LogP) is 2.02. The van der Waals surface area contributed by atoms with Gasteiger partial charge in [0.25, 0.3) is 0 Å². The van der Waals surface area contributed by atoms with Crippen LogP contribution in [0.4, 0.5) is 0 Å². The Bertz CT molecular complexity index is 1040. The van der Waals surface area contributed by atoms with Crippen LogP contribution < -0.4 is 5.43 Å². The van der Waals surface area contributed by atoms with Crippen molar-refractivity contribution in [2.24, 2.45) is 0 Å². The fourth-order valence-corrected chi connectivity index (χ4v) is 2.58. The normalized spacial score (nSPS) is 13.7. The van der Waals surface area contributed by atoms with Crippen molar-refractivity contribution >= 4 is 11.0 Å². The number of hydrogen-bond acceptors (Lipinski definition) is 9. The average molecular weight is 390 g/mol. The van der Waals surface area contributed by atoms with E-state index in [1.54, 1.807) is 0 Å². The van der Waals surface area contributed by atoms with Crippen LogP contribution in [0.5, 0.6) is 28.7 Å². The molecule has 1 aliphatic rings. The van der Waals surface area contributed by atoms with Crippen LogP contribution in [0.1, 0.15) is 0 Å². The van der Waals surface area contributed by atoms with Crippen molar-refractivity contribution in [2.45, 2.75) is 0 Å². The molecule has 0 amide bonds. The van der Waals surface area contributed by atoms with Crippen LogP contribution in [0, 0.1) is 0 Å². The number of ether oxygens (including phenoxy) is 2. The Hall–Kier alpha value is -3.43. The van der Waals surface area contributed by atoms with E-state index in [0.717, 1.165) is 50.7 Å². The molecule has 3 aromatic rings. The monoisotopic (exact) mass is 390 g/mol. The summed E-state index contributed by atoms with van der Waals surface area (Å²) in [5.74, 6) is -2.71. The van der Waals surface area contributed by atoms with Crippen LogP contribution in [-0.2, 0) is 9.47 Å². The van der Waals surface area contributed by atoms with Gasteiger partial charge in [0.05, 0.1) is 26.4 Å². The van der Waals surface area contributed by atoms with Crippen molar-refractivity contribution in [1.29, 1.82) is 0 Å². The lowest BCUT2D eigenvalue weighted by atomic mass is 10.1. The first kappa shape index (κ1) is 19.3. The number of phenols is 4. The Kier molecular flexibility index (Phi) is 5.57. The molecule has 0 atom stereocenters. The van der Waals surface area contributed by atoms with Gasteiger partial charge in [0, 0.05) is 17.7 Å². The van der Waals surface area contributed by atoms with E-state index >= 15 is 0 Å². The number of phenolic OH excluding ortho intramolecular Hbond substituents is 4. The van der Waals surface area contributed by atoms with Crippen LogP contribution in [0.3, 0.4) is 0 Å². The quantitative estimate of drug-likeness (QED) is 0.393. The number of fused-ring (bicyclic) bond motifs is 1. The Balaban J connectivity index is 0.000000320. The summed E-state index contributed by atoms with van der Waals surface area (Å²) in [6, 6.07) is 5.64. The van der Waals surface area contributed by atoms with Gasteiger partial charge in [-0.05, 0) is 18.2 Å². The number of aromatic hydroxyl groups is 5. The molecule has 0 aliphatic carbocycles. The fourth-order valence-electron chi connectivity index (χ4n) is 2.58. The molecular weight excluding hydrogens is 372 g/mol. The topological polar surface area (TPSA) is 150 Å². The standard InChI is InChI=1S/C15H10O7.C4H8O2/c16-7-4-10(19)12-11(5-7)22-15(14(21)13(12)20)6-1-2-8(17)9(18)3-6;1-2-6-4-3-5-1/h1-5,16-19,21H;1-4H2. The van der Waals surface area contributed by atoms with E-state index in [0.29, 0.717) is 0 Å². The van der Waals surface area contributed by atoms with Crippen molar-refractivity contribution in [2.75, 3.05) is 26.4 Å². The summed E-state index contributed by atoms with van der Waals surface area (Å²) in [6.45, 7) is 3.11. The summed E-state index contributed by atoms with van der Waals surface area (Å²) in [5.41, 5.74) is -0.890. The van der Waals surface area contributed by atoms with Gasteiger partial charge in [-0.2, -0.15) is 0 Å². The molecule has 0 spiro atoms. The Labute approximate surface area is 158 Å². The zero-order valence-electron chi connectivity index (χ0n) is 14.6. The molecule has 2 heterocycles. The molecule has 0 bridgehead atoms. The number of benzene rings is 2. The summed E-state index contributed by atoms with van der Waals surface area (Å²) in [7, 11) is 0. The first-order valence-electron chi connectivity index (χ1n) is 8.28.